The average Bonchev–Trinajstić information content (AvgIpc) is 3.00. The number of benzene rings is 1. The first-order valence-electron chi connectivity index (χ1n) is 7.61. The molecule has 0 spiro atoms. The first-order valence-corrected chi connectivity index (χ1v) is 7.61. The summed E-state index contributed by atoms with van der Waals surface area (Å²) in [4.78, 5) is 18.6. The van der Waals surface area contributed by atoms with Crippen LogP contribution in [0.2, 0.25) is 0 Å². The van der Waals surface area contributed by atoms with Gasteiger partial charge in [-0.05, 0) is 31.0 Å². The molecule has 3 aromatic rings. The van der Waals surface area contributed by atoms with Crippen molar-refractivity contribution in [3.8, 4) is 0 Å². The number of fused-ring (bicyclic) bond motifs is 1. The molecular weight excluding hydrogens is 276 g/mol. The fraction of sp³-hybridized carbons (Fsp3) is 0.312. The smallest absolute Gasteiger partial charge is 0.203 e. The monoisotopic (exact) mass is 294 g/mol. The summed E-state index contributed by atoms with van der Waals surface area (Å²) in [6.45, 7) is 1.98. The second kappa shape index (κ2) is 5.63. The summed E-state index contributed by atoms with van der Waals surface area (Å²) in [7, 11) is 0. The predicted molar refractivity (Wildman–Crippen MR) is 87.0 cm³/mol. The highest BCUT2D eigenvalue weighted by Crippen LogP contribution is 2.22. The van der Waals surface area contributed by atoms with Gasteiger partial charge in [0.2, 0.25) is 5.95 Å². The molecule has 0 bridgehead atoms. The van der Waals surface area contributed by atoms with Crippen LogP contribution in [0.1, 0.15) is 12.8 Å². The van der Waals surface area contributed by atoms with Gasteiger partial charge in [0, 0.05) is 25.3 Å². The molecule has 0 atom stereocenters. The van der Waals surface area contributed by atoms with Gasteiger partial charge in [-0.3, -0.25) is 0 Å². The van der Waals surface area contributed by atoms with Crippen molar-refractivity contribution in [2.45, 2.75) is 18.9 Å². The van der Waals surface area contributed by atoms with Gasteiger partial charge < -0.3 is 15.2 Å². The number of aromatic nitrogens is 4. The van der Waals surface area contributed by atoms with Crippen LogP contribution < -0.4 is 10.2 Å². The van der Waals surface area contributed by atoms with Crippen molar-refractivity contribution in [3.63, 3.8) is 0 Å². The number of imidazole rings is 1. The summed E-state index contributed by atoms with van der Waals surface area (Å²) >= 11 is 0. The Hall–Kier alpha value is -2.63. The topological polar surface area (TPSA) is 69.7 Å². The van der Waals surface area contributed by atoms with Crippen LogP contribution in [0.5, 0.6) is 0 Å². The molecule has 0 aliphatic carbocycles. The summed E-state index contributed by atoms with van der Waals surface area (Å²) in [6.07, 6.45) is 5.48. The molecule has 4 rings (SSSR count). The molecule has 1 aromatic carbocycles. The number of anilines is 2. The Bertz CT molecular complexity index is 712. The summed E-state index contributed by atoms with van der Waals surface area (Å²) in [5.41, 5.74) is 2.12. The van der Waals surface area contributed by atoms with Crippen LogP contribution in [0.4, 0.5) is 11.8 Å². The van der Waals surface area contributed by atoms with Crippen molar-refractivity contribution in [2.24, 2.45) is 0 Å². The molecule has 112 valence electrons. The molecule has 0 amide bonds. The lowest BCUT2D eigenvalue weighted by molar-refractivity contribution is 0.520. The molecule has 0 unspecified atom stereocenters. The summed E-state index contributed by atoms with van der Waals surface area (Å²) in [5, 5.41) is 3.47. The Balaban J connectivity index is 1.41. The molecule has 0 radical (unpaired) electrons. The average molecular weight is 294 g/mol. The maximum atomic E-state index is 4.67. The molecule has 6 heteroatoms. The molecule has 2 N–H and O–H groups in total. The maximum absolute atomic E-state index is 4.67. The lowest BCUT2D eigenvalue weighted by atomic mass is 10.1. The maximum Gasteiger partial charge on any atom is 0.203 e. The Morgan fingerprint density at radius 1 is 1.14 bits per heavy atom. The summed E-state index contributed by atoms with van der Waals surface area (Å²) in [6, 6.07) is 10.5. The van der Waals surface area contributed by atoms with E-state index in [1.165, 1.54) is 0 Å². The minimum atomic E-state index is 0.454. The molecule has 0 saturated carbocycles. The normalized spacial score (nSPS) is 16.1. The number of hydrogen-bond acceptors (Lipinski definition) is 5. The molecule has 1 fully saturated rings. The Morgan fingerprint density at radius 3 is 2.77 bits per heavy atom. The highest BCUT2D eigenvalue weighted by atomic mass is 15.3. The molecule has 1 saturated heterocycles. The number of nitrogens with zero attached hydrogens (tertiary/aromatic N) is 4. The van der Waals surface area contributed by atoms with Crippen molar-refractivity contribution in [3.05, 3.63) is 42.9 Å². The van der Waals surface area contributed by atoms with E-state index in [9.17, 15) is 0 Å². The lowest BCUT2D eigenvalue weighted by Crippen LogP contribution is -2.39. The van der Waals surface area contributed by atoms with Gasteiger partial charge in [-0.2, -0.15) is 0 Å². The van der Waals surface area contributed by atoms with E-state index < -0.39 is 0 Å². The van der Waals surface area contributed by atoms with Crippen LogP contribution in [0.3, 0.4) is 0 Å². The fourth-order valence-electron chi connectivity index (χ4n) is 2.91. The first-order chi connectivity index (χ1) is 10.9. The number of nitrogens with one attached hydrogen (secondary N) is 2. The van der Waals surface area contributed by atoms with E-state index in [2.05, 4.69) is 36.2 Å². The fourth-order valence-corrected chi connectivity index (χ4v) is 2.91. The van der Waals surface area contributed by atoms with Crippen molar-refractivity contribution in [1.29, 1.82) is 0 Å². The van der Waals surface area contributed by atoms with E-state index in [-0.39, 0.29) is 0 Å². The predicted octanol–water partition coefficient (Wildman–Crippen LogP) is 2.43. The van der Waals surface area contributed by atoms with Crippen LogP contribution in [0.25, 0.3) is 11.0 Å². The third kappa shape index (κ3) is 2.59. The minimum absolute atomic E-state index is 0.454. The first kappa shape index (κ1) is 13.1. The van der Waals surface area contributed by atoms with Crippen LogP contribution in [-0.2, 0) is 0 Å². The van der Waals surface area contributed by atoms with Gasteiger partial charge in [0.25, 0.3) is 0 Å². The van der Waals surface area contributed by atoms with Gasteiger partial charge in [0.05, 0.1) is 11.0 Å². The third-order valence-corrected chi connectivity index (χ3v) is 4.11. The second-order valence-corrected chi connectivity index (χ2v) is 5.58. The van der Waals surface area contributed by atoms with Crippen LogP contribution >= 0.6 is 0 Å². The third-order valence-electron chi connectivity index (χ3n) is 4.11. The Kier molecular flexibility index (Phi) is 3.34. The van der Waals surface area contributed by atoms with Gasteiger partial charge in [-0.25, -0.2) is 15.0 Å². The van der Waals surface area contributed by atoms with E-state index in [0.29, 0.717) is 6.04 Å². The SMILES string of the molecule is c1ccc2[nH]c(N3CCC(Nc4ccncn4)CC3)nc2c1. The van der Waals surface area contributed by atoms with Crippen LogP contribution in [-0.4, -0.2) is 39.1 Å². The number of H-pyrrole nitrogens is 1. The zero-order valence-corrected chi connectivity index (χ0v) is 12.2. The Labute approximate surface area is 128 Å². The van der Waals surface area contributed by atoms with E-state index >= 15 is 0 Å². The molecule has 2 aromatic heterocycles. The van der Waals surface area contributed by atoms with E-state index in [4.69, 9.17) is 0 Å². The second-order valence-electron chi connectivity index (χ2n) is 5.58. The minimum Gasteiger partial charge on any atom is -0.367 e. The van der Waals surface area contributed by atoms with Crippen LogP contribution in [0, 0.1) is 0 Å². The largest absolute Gasteiger partial charge is 0.367 e. The van der Waals surface area contributed by atoms with Crippen molar-refractivity contribution >= 4 is 22.8 Å². The zero-order chi connectivity index (χ0) is 14.8. The zero-order valence-electron chi connectivity index (χ0n) is 12.2. The molecule has 1 aliphatic rings. The molecular formula is C16H18N6. The van der Waals surface area contributed by atoms with E-state index in [1.807, 2.05) is 24.3 Å². The number of hydrogen-bond donors (Lipinski definition) is 2. The van der Waals surface area contributed by atoms with Gasteiger partial charge in [-0.1, -0.05) is 12.1 Å². The lowest BCUT2D eigenvalue weighted by Gasteiger charge is -2.32. The summed E-state index contributed by atoms with van der Waals surface area (Å²) in [5.74, 6) is 1.87. The van der Waals surface area contributed by atoms with Crippen LogP contribution in [0.15, 0.2) is 42.9 Å². The molecule has 3 heterocycles. The van der Waals surface area contributed by atoms with Gasteiger partial charge in [-0.15, -0.1) is 0 Å². The van der Waals surface area contributed by atoms with E-state index in [0.717, 1.165) is 48.7 Å². The standard InChI is InChI=1S/C16H18N6/c1-2-4-14-13(3-1)20-16(21-14)22-9-6-12(7-10-22)19-15-5-8-17-11-18-15/h1-5,8,11-12H,6-7,9-10H2,(H,20,21)(H,17,18,19). The van der Waals surface area contributed by atoms with E-state index in [1.54, 1.807) is 12.5 Å². The quantitative estimate of drug-likeness (QED) is 0.776. The highest BCUT2D eigenvalue weighted by molar-refractivity contribution is 5.77. The van der Waals surface area contributed by atoms with Gasteiger partial charge >= 0.3 is 0 Å². The number of rotatable bonds is 3. The van der Waals surface area contributed by atoms with Gasteiger partial charge in [0.1, 0.15) is 12.1 Å². The Morgan fingerprint density at radius 2 is 2.00 bits per heavy atom. The number of aromatic amines is 1. The van der Waals surface area contributed by atoms with Crippen molar-refractivity contribution in [1.82, 2.24) is 19.9 Å². The van der Waals surface area contributed by atoms with Crippen molar-refractivity contribution < 1.29 is 0 Å². The van der Waals surface area contributed by atoms with Gasteiger partial charge in [0.15, 0.2) is 0 Å². The molecule has 6 nitrogen and oxygen atoms in total. The molecule has 22 heavy (non-hydrogen) atoms. The highest BCUT2D eigenvalue weighted by Gasteiger charge is 2.21. The molecule has 1 aliphatic heterocycles. The number of piperidine rings is 1. The number of para-hydroxylation sites is 2. The summed E-state index contributed by atoms with van der Waals surface area (Å²) < 4.78 is 0. The van der Waals surface area contributed by atoms with Crippen molar-refractivity contribution in [2.75, 3.05) is 23.3 Å².